The zero-order valence-corrected chi connectivity index (χ0v) is 18.9. The summed E-state index contributed by atoms with van der Waals surface area (Å²) in [5.74, 6) is 0.797. The molecule has 0 fully saturated rings. The van der Waals surface area contributed by atoms with Gasteiger partial charge in [-0.05, 0) is 37.5 Å². The molecule has 0 aliphatic rings. The van der Waals surface area contributed by atoms with Crippen LogP contribution in [0.5, 0.6) is 0 Å². The zero-order chi connectivity index (χ0) is 18.8. The Labute approximate surface area is 178 Å². The number of hydrogen-bond donors (Lipinski definition) is 2. The van der Waals surface area contributed by atoms with Gasteiger partial charge in [0.1, 0.15) is 0 Å². The first kappa shape index (κ1) is 23.4. The molecule has 2 aromatic rings. The lowest BCUT2D eigenvalue weighted by Gasteiger charge is -2.11. The van der Waals surface area contributed by atoms with E-state index < -0.39 is 9.84 Å². The van der Waals surface area contributed by atoms with Gasteiger partial charge < -0.3 is 15.2 Å². The van der Waals surface area contributed by atoms with Crippen molar-refractivity contribution in [2.45, 2.75) is 31.2 Å². The van der Waals surface area contributed by atoms with E-state index in [0.29, 0.717) is 4.90 Å². The van der Waals surface area contributed by atoms with Crippen LogP contribution in [0, 0.1) is 0 Å². The Bertz CT molecular complexity index is 790. The average molecular weight is 505 g/mol. The second-order valence-corrected chi connectivity index (χ2v) is 8.02. The Balaban J connectivity index is 0.00000364. The van der Waals surface area contributed by atoms with Crippen LogP contribution in [0.25, 0.3) is 0 Å². The number of nitrogens with zero attached hydrogens (tertiary/aromatic N) is 3. The lowest BCUT2D eigenvalue weighted by Crippen LogP contribution is -2.38. The summed E-state index contributed by atoms with van der Waals surface area (Å²) < 4.78 is 25.0. The van der Waals surface area contributed by atoms with Crippen molar-refractivity contribution in [2.75, 3.05) is 25.9 Å². The number of aryl methyl sites for hydroxylation is 1. The normalized spacial score (nSPS) is 11.7. The first-order valence-electron chi connectivity index (χ1n) is 8.76. The van der Waals surface area contributed by atoms with Gasteiger partial charge in [-0.3, -0.25) is 4.99 Å². The monoisotopic (exact) mass is 505 g/mol. The first-order valence-corrected chi connectivity index (χ1v) is 10.6. The molecule has 0 unspecified atom stereocenters. The van der Waals surface area contributed by atoms with Gasteiger partial charge in [-0.2, -0.15) is 0 Å². The van der Waals surface area contributed by atoms with E-state index in [1.54, 1.807) is 18.3 Å². The van der Waals surface area contributed by atoms with Crippen LogP contribution in [-0.4, -0.2) is 49.8 Å². The summed E-state index contributed by atoms with van der Waals surface area (Å²) in [6.45, 7) is 5.20. The Morgan fingerprint density at radius 1 is 1.22 bits per heavy atom. The maximum absolute atomic E-state index is 11.5. The quantitative estimate of drug-likeness (QED) is 0.236. The lowest BCUT2D eigenvalue weighted by atomic mass is 10.1. The minimum Gasteiger partial charge on any atom is -0.357 e. The third-order valence-corrected chi connectivity index (χ3v) is 4.93. The average Bonchev–Trinajstić information content (AvgIpc) is 3.12. The van der Waals surface area contributed by atoms with Crippen molar-refractivity contribution < 1.29 is 8.42 Å². The first-order chi connectivity index (χ1) is 12.5. The van der Waals surface area contributed by atoms with Crippen LogP contribution in [0.1, 0.15) is 18.9 Å². The van der Waals surface area contributed by atoms with Gasteiger partial charge in [0.05, 0.1) is 11.2 Å². The number of guanidine groups is 1. The Morgan fingerprint density at radius 2 is 1.96 bits per heavy atom. The standard InChI is InChI=1S/C18H27N5O2S.HI/c1-3-20-18(21-10-4-13-23-14-12-19-15-23)22-11-9-16-5-7-17(8-6-16)26(2,24)25;/h5-8,12,14-15H,3-4,9-11,13H2,1-2H3,(H2,20,21,22);1H. The van der Waals surface area contributed by atoms with E-state index in [2.05, 4.69) is 20.6 Å². The Kier molecular flexibility index (Phi) is 10.4. The van der Waals surface area contributed by atoms with E-state index in [1.807, 2.05) is 36.1 Å². The molecule has 9 heteroatoms. The van der Waals surface area contributed by atoms with Crippen LogP contribution in [0.2, 0.25) is 0 Å². The van der Waals surface area contributed by atoms with Crippen molar-refractivity contribution in [3.63, 3.8) is 0 Å². The van der Waals surface area contributed by atoms with Gasteiger partial charge in [-0.15, -0.1) is 24.0 Å². The third kappa shape index (κ3) is 8.74. The van der Waals surface area contributed by atoms with Gasteiger partial charge in [0, 0.05) is 44.8 Å². The molecule has 0 radical (unpaired) electrons. The topological polar surface area (TPSA) is 88.4 Å². The van der Waals surface area contributed by atoms with Crippen molar-refractivity contribution in [2.24, 2.45) is 4.99 Å². The van der Waals surface area contributed by atoms with Gasteiger partial charge in [-0.25, -0.2) is 13.4 Å². The molecule has 0 aliphatic carbocycles. The predicted molar refractivity (Wildman–Crippen MR) is 119 cm³/mol. The number of aliphatic imine (C=N–C) groups is 1. The Morgan fingerprint density at radius 3 is 2.56 bits per heavy atom. The highest BCUT2D eigenvalue weighted by Gasteiger charge is 2.06. The van der Waals surface area contributed by atoms with Crippen LogP contribution in [0.4, 0.5) is 0 Å². The molecule has 2 N–H and O–H groups in total. The largest absolute Gasteiger partial charge is 0.357 e. The molecule has 0 amide bonds. The lowest BCUT2D eigenvalue weighted by molar-refractivity contribution is 0.602. The van der Waals surface area contributed by atoms with Crippen molar-refractivity contribution in [3.8, 4) is 0 Å². The molecule has 0 bridgehead atoms. The molecule has 150 valence electrons. The number of rotatable bonds is 9. The van der Waals surface area contributed by atoms with Gasteiger partial charge in [-0.1, -0.05) is 12.1 Å². The minimum atomic E-state index is -3.14. The van der Waals surface area contributed by atoms with Crippen LogP contribution in [-0.2, 0) is 22.8 Å². The molecular formula is C18H28IN5O2S. The number of aromatic nitrogens is 2. The number of hydrogen-bond acceptors (Lipinski definition) is 4. The highest BCUT2D eigenvalue weighted by Crippen LogP contribution is 2.10. The van der Waals surface area contributed by atoms with E-state index in [4.69, 9.17) is 0 Å². The number of imidazole rings is 1. The zero-order valence-electron chi connectivity index (χ0n) is 15.8. The fourth-order valence-corrected chi connectivity index (χ4v) is 3.06. The van der Waals surface area contributed by atoms with Gasteiger partial charge >= 0.3 is 0 Å². The maximum atomic E-state index is 11.5. The van der Waals surface area contributed by atoms with E-state index in [0.717, 1.165) is 50.5 Å². The summed E-state index contributed by atoms with van der Waals surface area (Å²) in [7, 11) is -3.14. The van der Waals surface area contributed by atoms with E-state index in [-0.39, 0.29) is 24.0 Å². The van der Waals surface area contributed by atoms with E-state index in [1.165, 1.54) is 6.26 Å². The second-order valence-electron chi connectivity index (χ2n) is 6.01. The molecule has 27 heavy (non-hydrogen) atoms. The third-order valence-electron chi connectivity index (χ3n) is 3.81. The van der Waals surface area contributed by atoms with Crippen LogP contribution in [0.3, 0.4) is 0 Å². The summed E-state index contributed by atoms with van der Waals surface area (Å²) >= 11 is 0. The fourth-order valence-electron chi connectivity index (χ4n) is 2.43. The van der Waals surface area contributed by atoms with Gasteiger partial charge in [0.25, 0.3) is 0 Å². The molecule has 0 aliphatic heterocycles. The summed E-state index contributed by atoms with van der Waals surface area (Å²) in [4.78, 5) is 8.94. The molecule has 1 aromatic carbocycles. The van der Waals surface area contributed by atoms with Crippen LogP contribution >= 0.6 is 24.0 Å². The summed E-state index contributed by atoms with van der Waals surface area (Å²) in [6.07, 6.45) is 8.49. The molecule has 7 nitrogen and oxygen atoms in total. The van der Waals surface area contributed by atoms with Gasteiger partial charge in [0.15, 0.2) is 15.8 Å². The van der Waals surface area contributed by atoms with E-state index in [9.17, 15) is 8.42 Å². The molecule has 0 spiro atoms. The van der Waals surface area contributed by atoms with Gasteiger partial charge in [0.2, 0.25) is 0 Å². The summed E-state index contributed by atoms with van der Waals surface area (Å²) in [5, 5.41) is 6.54. The smallest absolute Gasteiger partial charge is 0.191 e. The molecular weight excluding hydrogens is 477 g/mol. The molecule has 1 aromatic heterocycles. The predicted octanol–water partition coefficient (Wildman–Crippen LogP) is 2.09. The molecule has 1 heterocycles. The molecule has 0 saturated heterocycles. The van der Waals surface area contributed by atoms with E-state index >= 15 is 0 Å². The van der Waals surface area contributed by atoms with Crippen LogP contribution in [0.15, 0.2) is 52.9 Å². The molecule has 2 rings (SSSR count). The van der Waals surface area contributed by atoms with Crippen molar-refractivity contribution in [1.82, 2.24) is 20.2 Å². The fraction of sp³-hybridized carbons (Fsp3) is 0.444. The number of nitrogens with one attached hydrogen (secondary N) is 2. The number of benzene rings is 1. The van der Waals surface area contributed by atoms with Crippen molar-refractivity contribution >= 4 is 39.8 Å². The Hall–Kier alpha value is -1.62. The number of halogens is 1. The van der Waals surface area contributed by atoms with Crippen LogP contribution < -0.4 is 10.6 Å². The minimum absolute atomic E-state index is 0. The molecule has 0 atom stereocenters. The van der Waals surface area contributed by atoms with Crippen molar-refractivity contribution in [3.05, 3.63) is 48.5 Å². The molecule has 0 saturated carbocycles. The highest BCUT2D eigenvalue weighted by molar-refractivity contribution is 14.0. The summed E-state index contributed by atoms with van der Waals surface area (Å²) in [6, 6.07) is 7.01. The second kappa shape index (κ2) is 12.0. The summed E-state index contributed by atoms with van der Waals surface area (Å²) in [5.41, 5.74) is 1.08. The highest BCUT2D eigenvalue weighted by atomic mass is 127. The maximum Gasteiger partial charge on any atom is 0.191 e. The SMILES string of the molecule is CCNC(=NCCCn1ccnc1)NCCc1ccc(S(C)(=O)=O)cc1.I. The van der Waals surface area contributed by atoms with Crippen molar-refractivity contribution in [1.29, 1.82) is 0 Å². The number of sulfone groups is 1.